The summed E-state index contributed by atoms with van der Waals surface area (Å²) in [5.74, 6) is 1.03. The van der Waals surface area contributed by atoms with E-state index >= 15 is 0 Å². The maximum absolute atomic E-state index is 12.5. The Kier molecular flexibility index (Phi) is 4.99. The van der Waals surface area contributed by atoms with Gasteiger partial charge < -0.3 is 15.2 Å². The van der Waals surface area contributed by atoms with Crippen molar-refractivity contribution in [1.29, 1.82) is 0 Å². The number of imidazole rings is 1. The zero-order chi connectivity index (χ0) is 18.0. The molecule has 1 saturated heterocycles. The number of carbonyl (C=O) groups is 1. The van der Waals surface area contributed by atoms with Crippen LogP contribution >= 0.6 is 0 Å². The fourth-order valence-electron chi connectivity index (χ4n) is 3.27. The van der Waals surface area contributed by atoms with Crippen LogP contribution in [0.15, 0.2) is 24.3 Å². The van der Waals surface area contributed by atoms with E-state index in [0.717, 1.165) is 49.6 Å². The van der Waals surface area contributed by atoms with Gasteiger partial charge in [0.25, 0.3) is 0 Å². The SMILES string of the molecule is C[C@H](C(=O)NC(C)(C)C)N1CCCN(c2nc3ccccc3[nH]2)CC1. The predicted molar refractivity (Wildman–Crippen MR) is 102 cm³/mol. The standard InChI is InChI=1S/C19H29N5O/c1-14(17(25)22-19(2,3)4)23-10-7-11-24(13-12-23)18-20-15-8-5-6-9-16(15)21-18/h5-6,8-9,14H,7,10-13H2,1-4H3,(H,20,21)(H,22,25)/t14-/m1/s1. The van der Waals surface area contributed by atoms with E-state index in [1.54, 1.807) is 0 Å². The van der Waals surface area contributed by atoms with Crippen molar-refractivity contribution < 1.29 is 4.79 Å². The zero-order valence-corrected chi connectivity index (χ0v) is 15.7. The summed E-state index contributed by atoms with van der Waals surface area (Å²) in [7, 11) is 0. The highest BCUT2D eigenvalue weighted by molar-refractivity contribution is 5.82. The number of para-hydroxylation sites is 2. The maximum atomic E-state index is 12.5. The van der Waals surface area contributed by atoms with E-state index in [-0.39, 0.29) is 17.5 Å². The third kappa shape index (κ3) is 4.31. The Morgan fingerprint density at radius 2 is 1.96 bits per heavy atom. The third-order valence-electron chi connectivity index (χ3n) is 4.63. The number of amides is 1. The van der Waals surface area contributed by atoms with Crippen molar-refractivity contribution >= 4 is 22.9 Å². The lowest BCUT2D eigenvalue weighted by molar-refractivity contribution is -0.127. The van der Waals surface area contributed by atoms with Gasteiger partial charge in [-0.1, -0.05) is 12.1 Å². The molecule has 1 atom stereocenters. The fourth-order valence-corrected chi connectivity index (χ4v) is 3.27. The van der Waals surface area contributed by atoms with E-state index in [1.165, 1.54) is 0 Å². The van der Waals surface area contributed by atoms with Gasteiger partial charge in [-0.05, 0) is 46.2 Å². The summed E-state index contributed by atoms with van der Waals surface area (Å²) in [4.78, 5) is 25.1. The van der Waals surface area contributed by atoms with Crippen LogP contribution in [-0.2, 0) is 4.79 Å². The third-order valence-corrected chi connectivity index (χ3v) is 4.63. The first kappa shape index (κ1) is 17.7. The molecule has 0 unspecified atom stereocenters. The zero-order valence-electron chi connectivity index (χ0n) is 15.7. The Hall–Kier alpha value is -2.08. The van der Waals surface area contributed by atoms with Gasteiger partial charge in [-0.15, -0.1) is 0 Å². The molecule has 1 aromatic heterocycles. The Balaban J connectivity index is 1.64. The monoisotopic (exact) mass is 343 g/mol. The van der Waals surface area contributed by atoms with E-state index in [0.29, 0.717) is 0 Å². The molecule has 6 heteroatoms. The molecule has 0 radical (unpaired) electrons. The molecule has 2 aromatic rings. The molecule has 2 N–H and O–H groups in total. The van der Waals surface area contributed by atoms with Crippen molar-refractivity contribution in [3.8, 4) is 0 Å². The number of H-pyrrole nitrogens is 1. The summed E-state index contributed by atoms with van der Waals surface area (Å²) in [6, 6.07) is 7.99. The van der Waals surface area contributed by atoms with Gasteiger partial charge >= 0.3 is 0 Å². The summed E-state index contributed by atoms with van der Waals surface area (Å²) in [5.41, 5.74) is 1.87. The summed E-state index contributed by atoms with van der Waals surface area (Å²) in [5, 5.41) is 3.08. The van der Waals surface area contributed by atoms with E-state index in [2.05, 4.69) is 26.2 Å². The number of aromatic nitrogens is 2. The van der Waals surface area contributed by atoms with Crippen LogP contribution in [0.5, 0.6) is 0 Å². The lowest BCUT2D eigenvalue weighted by Gasteiger charge is -2.30. The number of hydrogen-bond donors (Lipinski definition) is 2. The summed E-state index contributed by atoms with van der Waals surface area (Å²) in [6.07, 6.45) is 1.02. The topological polar surface area (TPSA) is 64.3 Å². The molecule has 0 spiro atoms. The summed E-state index contributed by atoms with van der Waals surface area (Å²) in [6.45, 7) is 11.6. The van der Waals surface area contributed by atoms with Crippen LogP contribution in [0.3, 0.4) is 0 Å². The first-order valence-corrected chi connectivity index (χ1v) is 9.09. The quantitative estimate of drug-likeness (QED) is 0.898. The molecule has 0 saturated carbocycles. The molecule has 25 heavy (non-hydrogen) atoms. The van der Waals surface area contributed by atoms with Gasteiger partial charge in [0.2, 0.25) is 11.9 Å². The van der Waals surface area contributed by atoms with Crippen molar-refractivity contribution in [2.75, 3.05) is 31.1 Å². The van der Waals surface area contributed by atoms with Gasteiger partial charge in [-0.2, -0.15) is 0 Å². The molecule has 1 amide bonds. The molecule has 1 fully saturated rings. The second-order valence-corrected chi connectivity index (χ2v) is 7.87. The van der Waals surface area contributed by atoms with E-state index in [4.69, 9.17) is 4.98 Å². The van der Waals surface area contributed by atoms with E-state index in [1.807, 2.05) is 45.9 Å². The van der Waals surface area contributed by atoms with Crippen molar-refractivity contribution in [1.82, 2.24) is 20.2 Å². The molecule has 136 valence electrons. The lowest BCUT2D eigenvalue weighted by Crippen LogP contribution is -2.51. The van der Waals surface area contributed by atoms with Crippen LogP contribution in [0.2, 0.25) is 0 Å². The number of benzene rings is 1. The first-order valence-electron chi connectivity index (χ1n) is 9.09. The number of fused-ring (bicyclic) bond motifs is 1. The van der Waals surface area contributed by atoms with Crippen LogP contribution in [-0.4, -0.2) is 58.5 Å². The molecule has 1 aliphatic heterocycles. The molecule has 1 aliphatic rings. The normalized spacial score (nSPS) is 18.2. The number of nitrogens with zero attached hydrogens (tertiary/aromatic N) is 3. The van der Waals surface area contributed by atoms with Crippen LogP contribution in [0.25, 0.3) is 11.0 Å². The highest BCUT2D eigenvalue weighted by atomic mass is 16.2. The molecule has 1 aromatic carbocycles. The van der Waals surface area contributed by atoms with Gasteiger partial charge in [0.1, 0.15) is 0 Å². The molecule has 0 aliphatic carbocycles. The van der Waals surface area contributed by atoms with Crippen molar-refractivity contribution in [3.05, 3.63) is 24.3 Å². The van der Waals surface area contributed by atoms with Gasteiger partial charge in [-0.3, -0.25) is 9.69 Å². The second-order valence-electron chi connectivity index (χ2n) is 7.87. The Morgan fingerprint density at radius 1 is 1.20 bits per heavy atom. The fraction of sp³-hybridized carbons (Fsp3) is 0.579. The number of hydrogen-bond acceptors (Lipinski definition) is 4. The van der Waals surface area contributed by atoms with Crippen LogP contribution in [0, 0.1) is 0 Å². The number of anilines is 1. The molecule has 2 heterocycles. The Bertz CT molecular complexity index is 700. The summed E-state index contributed by atoms with van der Waals surface area (Å²) < 4.78 is 0. The predicted octanol–water partition coefficient (Wildman–Crippen LogP) is 2.38. The highest BCUT2D eigenvalue weighted by Gasteiger charge is 2.27. The minimum Gasteiger partial charge on any atom is -0.350 e. The second kappa shape index (κ2) is 7.04. The van der Waals surface area contributed by atoms with Gasteiger partial charge in [0.15, 0.2) is 0 Å². The number of aromatic amines is 1. The smallest absolute Gasteiger partial charge is 0.237 e. The average molecular weight is 343 g/mol. The van der Waals surface area contributed by atoms with E-state index < -0.39 is 0 Å². The largest absolute Gasteiger partial charge is 0.350 e. The van der Waals surface area contributed by atoms with Gasteiger partial charge in [0.05, 0.1) is 17.1 Å². The molecule has 6 nitrogen and oxygen atoms in total. The van der Waals surface area contributed by atoms with Crippen LogP contribution in [0.4, 0.5) is 5.95 Å². The van der Waals surface area contributed by atoms with E-state index in [9.17, 15) is 4.79 Å². The highest BCUT2D eigenvalue weighted by Crippen LogP contribution is 2.19. The van der Waals surface area contributed by atoms with Crippen LogP contribution in [0.1, 0.15) is 34.1 Å². The van der Waals surface area contributed by atoms with Gasteiger partial charge in [-0.25, -0.2) is 4.98 Å². The first-order chi connectivity index (χ1) is 11.8. The molecular formula is C19H29N5O. The lowest BCUT2D eigenvalue weighted by atomic mass is 10.1. The molecule has 3 rings (SSSR count). The minimum absolute atomic E-state index is 0.102. The maximum Gasteiger partial charge on any atom is 0.237 e. The number of nitrogens with one attached hydrogen (secondary N) is 2. The summed E-state index contributed by atoms with van der Waals surface area (Å²) >= 11 is 0. The van der Waals surface area contributed by atoms with Crippen molar-refractivity contribution in [3.63, 3.8) is 0 Å². The molecular weight excluding hydrogens is 314 g/mol. The minimum atomic E-state index is -0.197. The van der Waals surface area contributed by atoms with Crippen LogP contribution < -0.4 is 10.2 Å². The Labute approximate surface area is 149 Å². The van der Waals surface area contributed by atoms with Gasteiger partial charge in [0, 0.05) is 31.7 Å². The number of rotatable bonds is 3. The average Bonchev–Trinajstić information content (AvgIpc) is 2.82. The van der Waals surface area contributed by atoms with Crippen molar-refractivity contribution in [2.45, 2.75) is 45.7 Å². The van der Waals surface area contributed by atoms with Crippen molar-refractivity contribution in [2.24, 2.45) is 0 Å². The Morgan fingerprint density at radius 3 is 2.68 bits per heavy atom. The molecule has 0 bridgehead atoms. The number of carbonyl (C=O) groups excluding carboxylic acids is 1.